The van der Waals surface area contributed by atoms with Crippen molar-refractivity contribution in [3.63, 3.8) is 0 Å². The molecule has 1 atom stereocenters. The largest absolute Gasteiger partial charge is 0.353 e. The van der Waals surface area contributed by atoms with Crippen LogP contribution < -0.4 is 10.6 Å². The Hall–Kier alpha value is -0.610. The number of likely N-dealkylation sites (tertiary alicyclic amines) is 1. The van der Waals surface area contributed by atoms with E-state index < -0.39 is 0 Å². The molecule has 4 heteroatoms. The summed E-state index contributed by atoms with van der Waals surface area (Å²) >= 11 is 0. The molecule has 1 saturated carbocycles. The van der Waals surface area contributed by atoms with Crippen LogP contribution in [-0.2, 0) is 4.79 Å². The highest BCUT2D eigenvalue weighted by Crippen LogP contribution is 2.27. The Labute approximate surface area is 135 Å². The maximum Gasteiger partial charge on any atom is 0.223 e. The molecule has 3 rings (SSSR count). The third-order valence-corrected chi connectivity index (χ3v) is 5.97. The van der Waals surface area contributed by atoms with Gasteiger partial charge in [0.05, 0.1) is 0 Å². The van der Waals surface area contributed by atoms with Gasteiger partial charge in [-0.05, 0) is 44.1 Å². The number of nitrogens with zero attached hydrogens (tertiary/aromatic N) is 1. The molecular formula is C18H33N3O. The number of hydrogen-bond acceptors (Lipinski definition) is 3. The number of carbonyl (C=O) groups excluding carboxylic acids is 1. The molecule has 0 radical (unpaired) electrons. The van der Waals surface area contributed by atoms with Crippen LogP contribution in [0.4, 0.5) is 0 Å². The van der Waals surface area contributed by atoms with Crippen LogP contribution in [0.2, 0.25) is 0 Å². The molecule has 3 aliphatic rings. The Balaban J connectivity index is 1.39. The zero-order valence-corrected chi connectivity index (χ0v) is 14.2. The van der Waals surface area contributed by atoms with Crippen LogP contribution >= 0.6 is 0 Å². The summed E-state index contributed by atoms with van der Waals surface area (Å²) in [6.45, 7) is 8.24. The molecule has 0 aromatic rings. The maximum absolute atomic E-state index is 12.3. The lowest BCUT2D eigenvalue weighted by molar-refractivity contribution is -0.127. The molecule has 3 fully saturated rings. The molecule has 22 heavy (non-hydrogen) atoms. The van der Waals surface area contributed by atoms with Gasteiger partial charge in [-0.3, -0.25) is 4.79 Å². The van der Waals surface area contributed by atoms with E-state index in [1.807, 2.05) is 0 Å². The first kappa shape index (κ1) is 16.3. The molecule has 4 nitrogen and oxygen atoms in total. The van der Waals surface area contributed by atoms with E-state index in [2.05, 4.69) is 22.5 Å². The summed E-state index contributed by atoms with van der Waals surface area (Å²) in [4.78, 5) is 15.0. The Morgan fingerprint density at radius 2 is 1.91 bits per heavy atom. The third-order valence-electron chi connectivity index (χ3n) is 5.97. The van der Waals surface area contributed by atoms with Crippen molar-refractivity contribution in [1.29, 1.82) is 0 Å². The van der Waals surface area contributed by atoms with Crippen LogP contribution in [-0.4, -0.2) is 49.6 Å². The normalized spacial score (nSPS) is 32.2. The van der Waals surface area contributed by atoms with Crippen LogP contribution in [0.3, 0.4) is 0 Å². The molecule has 2 aliphatic heterocycles. The minimum absolute atomic E-state index is 0.301. The van der Waals surface area contributed by atoms with E-state index in [9.17, 15) is 4.79 Å². The molecule has 0 aromatic carbocycles. The van der Waals surface area contributed by atoms with Crippen LogP contribution in [0.1, 0.15) is 58.3 Å². The molecule has 0 spiro atoms. The minimum atomic E-state index is 0.301. The molecule has 0 bridgehead atoms. The molecule has 2 saturated heterocycles. The molecule has 1 unspecified atom stereocenters. The Kier molecular flexibility index (Phi) is 5.40. The van der Waals surface area contributed by atoms with Crippen molar-refractivity contribution in [3.8, 4) is 0 Å². The fraction of sp³-hybridized carbons (Fsp3) is 0.944. The second kappa shape index (κ2) is 7.31. The Bertz CT molecular complexity index is 365. The number of hydrogen-bond donors (Lipinski definition) is 2. The van der Waals surface area contributed by atoms with Gasteiger partial charge in [-0.1, -0.05) is 26.2 Å². The number of rotatable bonds is 4. The number of piperidine rings is 1. The molecule has 2 heterocycles. The molecule has 126 valence electrons. The van der Waals surface area contributed by atoms with Crippen molar-refractivity contribution in [2.24, 2.45) is 11.3 Å². The first-order valence-electron chi connectivity index (χ1n) is 9.38. The Morgan fingerprint density at radius 1 is 1.18 bits per heavy atom. The quantitative estimate of drug-likeness (QED) is 0.836. The topological polar surface area (TPSA) is 44.4 Å². The molecule has 1 aliphatic carbocycles. The summed E-state index contributed by atoms with van der Waals surface area (Å²) < 4.78 is 0. The first-order valence-corrected chi connectivity index (χ1v) is 9.38. The maximum atomic E-state index is 12.3. The summed E-state index contributed by atoms with van der Waals surface area (Å²) in [5, 5.41) is 6.82. The average Bonchev–Trinajstić information content (AvgIpc) is 2.96. The fourth-order valence-corrected chi connectivity index (χ4v) is 4.46. The van der Waals surface area contributed by atoms with Gasteiger partial charge in [-0.2, -0.15) is 0 Å². The highest BCUT2D eigenvalue weighted by Gasteiger charge is 2.32. The summed E-state index contributed by atoms with van der Waals surface area (Å²) in [5.41, 5.74) is 0.457. The van der Waals surface area contributed by atoms with E-state index in [1.165, 1.54) is 38.8 Å². The van der Waals surface area contributed by atoms with Gasteiger partial charge < -0.3 is 15.5 Å². The zero-order chi connectivity index (χ0) is 15.4. The summed E-state index contributed by atoms with van der Waals surface area (Å²) in [6.07, 6.45) is 9.56. The van der Waals surface area contributed by atoms with Gasteiger partial charge in [0.15, 0.2) is 0 Å². The van der Waals surface area contributed by atoms with Gasteiger partial charge in [-0.25, -0.2) is 0 Å². The number of nitrogens with one attached hydrogen (secondary N) is 2. The van der Waals surface area contributed by atoms with E-state index in [0.29, 0.717) is 23.3 Å². The van der Waals surface area contributed by atoms with Crippen molar-refractivity contribution in [3.05, 3.63) is 0 Å². The molecule has 2 N–H and O–H groups in total. The smallest absolute Gasteiger partial charge is 0.223 e. The predicted molar refractivity (Wildman–Crippen MR) is 89.8 cm³/mol. The van der Waals surface area contributed by atoms with Crippen LogP contribution in [0.5, 0.6) is 0 Å². The standard InChI is InChI=1S/C18H33N3O/c1-18(9-10-19-13-18)14-21-11-7-16(8-12-21)20-17(22)15-5-3-2-4-6-15/h15-16,19H,2-14H2,1H3,(H,20,22). The van der Waals surface area contributed by atoms with Crippen molar-refractivity contribution < 1.29 is 4.79 Å². The second-order valence-corrected chi connectivity index (χ2v) is 8.13. The molecular weight excluding hydrogens is 274 g/mol. The van der Waals surface area contributed by atoms with E-state index in [4.69, 9.17) is 0 Å². The van der Waals surface area contributed by atoms with Crippen molar-refractivity contribution in [2.75, 3.05) is 32.7 Å². The van der Waals surface area contributed by atoms with Crippen molar-refractivity contribution >= 4 is 5.91 Å². The fourth-order valence-electron chi connectivity index (χ4n) is 4.46. The number of carbonyl (C=O) groups is 1. The highest BCUT2D eigenvalue weighted by atomic mass is 16.1. The zero-order valence-electron chi connectivity index (χ0n) is 14.2. The van der Waals surface area contributed by atoms with Gasteiger partial charge in [0.25, 0.3) is 0 Å². The van der Waals surface area contributed by atoms with Gasteiger partial charge in [-0.15, -0.1) is 0 Å². The monoisotopic (exact) mass is 307 g/mol. The first-order chi connectivity index (χ1) is 10.6. The van der Waals surface area contributed by atoms with Crippen molar-refractivity contribution in [1.82, 2.24) is 15.5 Å². The van der Waals surface area contributed by atoms with E-state index in [-0.39, 0.29) is 0 Å². The average molecular weight is 307 g/mol. The van der Waals surface area contributed by atoms with Crippen LogP contribution in [0.25, 0.3) is 0 Å². The summed E-state index contributed by atoms with van der Waals surface area (Å²) in [6, 6.07) is 0.417. The lowest BCUT2D eigenvalue weighted by Gasteiger charge is -2.37. The SMILES string of the molecule is CC1(CN2CCC(NC(=O)C3CCCCC3)CC2)CCNC1. The van der Waals surface area contributed by atoms with Gasteiger partial charge in [0, 0.05) is 38.1 Å². The van der Waals surface area contributed by atoms with Crippen LogP contribution in [0.15, 0.2) is 0 Å². The predicted octanol–water partition coefficient (Wildman–Crippen LogP) is 2.15. The van der Waals surface area contributed by atoms with E-state index in [1.54, 1.807) is 0 Å². The lowest BCUT2D eigenvalue weighted by atomic mass is 9.87. The highest BCUT2D eigenvalue weighted by molar-refractivity contribution is 5.79. The van der Waals surface area contributed by atoms with E-state index in [0.717, 1.165) is 45.3 Å². The third kappa shape index (κ3) is 4.23. The Morgan fingerprint density at radius 3 is 2.55 bits per heavy atom. The minimum Gasteiger partial charge on any atom is -0.353 e. The molecule has 0 aromatic heterocycles. The van der Waals surface area contributed by atoms with Gasteiger partial charge in [0.2, 0.25) is 5.91 Å². The van der Waals surface area contributed by atoms with Crippen molar-refractivity contribution in [2.45, 2.75) is 64.3 Å². The van der Waals surface area contributed by atoms with Gasteiger partial charge in [0.1, 0.15) is 0 Å². The summed E-state index contributed by atoms with van der Waals surface area (Å²) in [7, 11) is 0. The number of amides is 1. The van der Waals surface area contributed by atoms with Crippen LogP contribution in [0, 0.1) is 11.3 Å². The summed E-state index contributed by atoms with van der Waals surface area (Å²) in [5.74, 6) is 0.639. The van der Waals surface area contributed by atoms with E-state index >= 15 is 0 Å². The lowest BCUT2D eigenvalue weighted by Crippen LogP contribution is -2.48. The second-order valence-electron chi connectivity index (χ2n) is 8.13. The molecule has 1 amide bonds. The van der Waals surface area contributed by atoms with Gasteiger partial charge >= 0.3 is 0 Å².